The first-order chi connectivity index (χ1) is 13.6. The van der Waals surface area contributed by atoms with Crippen molar-refractivity contribution in [2.24, 2.45) is 10.9 Å². The first kappa shape index (κ1) is 18.0. The van der Waals surface area contributed by atoms with Crippen LogP contribution in [0.15, 0.2) is 59.6 Å². The highest BCUT2D eigenvalue weighted by Crippen LogP contribution is 2.37. The second kappa shape index (κ2) is 7.31. The molecule has 4 rings (SSSR count). The van der Waals surface area contributed by atoms with Gasteiger partial charge in [0.1, 0.15) is 11.1 Å². The molecule has 0 spiro atoms. The number of nitrogens with zero attached hydrogens (tertiary/aromatic N) is 3. The third-order valence-electron chi connectivity index (χ3n) is 4.25. The molecule has 0 unspecified atom stereocenters. The Morgan fingerprint density at radius 2 is 1.86 bits per heavy atom. The molecular weight excluding hydrogens is 392 g/mol. The standard InChI is InChI=1S/C20H12N4O2S2/c21-10-14-13-8-4-5-9-16(13)28-18(14)22-11-15-17(25)23-20(27)24(19(15)26)12-6-2-1-3-7-12/h1-9,11,15H,(H,23,25,27)/t15-/m1/s1. The van der Waals surface area contributed by atoms with Crippen molar-refractivity contribution in [3.8, 4) is 6.07 Å². The molecule has 1 aliphatic rings. The van der Waals surface area contributed by atoms with E-state index in [1.54, 1.807) is 24.3 Å². The fraction of sp³-hybridized carbons (Fsp3) is 0.0500. The Kier molecular flexibility index (Phi) is 4.69. The minimum absolute atomic E-state index is 0.0328. The first-order valence-corrected chi connectivity index (χ1v) is 9.52. The largest absolute Gasteiger partial charge is 0.301 e. The van der Waals surface area contributed by atoms with Gasteiger partial charge in [0, 0.05) is 16.3 Å². The summed E-state index contributed by atoms with van der Waals surface area (Å²) in [5, 5.41) is 13.3. The number of thiocarbonyl (C=S) groups is 1. The molecule has 1 atom stereocenters. The average molecular weight is 404 g/mol. The Morgan fingerprint density at radius 1 is 1.14 bits per heavy atom. The summed E-state index contributed by atoms with van der Waals surface area (Å²) in [4.78, 5) is 30.9. The van der Waals surface area contributed by atoms with Crippen LogP contribution in [0.4, 0.5) is 10.7 Å². The van der Waals surface area contributed by atoms with Gasteiger partial charge in [-0.3, -0.25) is 14.5 Å². The van der Waals surface area contributed by atoms with Gasteiger partial charge in [-0.05, 0) is 30.4 Å². The zero-order chi connectivity index (χ0) is 19.7. The number of rotatable bonds is 3. The molecule has 8 heteroatoms. The van der Waals surface area contributed by atoms with Gasteiger partial charge >= 0.3 is 0 Å². The maximum atomic E-state index is 12.9. The second-order valence-corrected chi connectivity index (χ2v) is 7.37. The van der Waals surface area contributed by atoms with E-state index < -0.39 is 17.7 Å². The van der Waals surface area contributed by atoms with Gasteiger partial charge in [-0.2, -0.15) is 5.26 Å². The van der Waals surface area contributed by atoms with Crippen LogP contribution in [0.3, 0.4) is 0 Å². The van der Waals surface area contributed by atoms with E-state index in [9.17, 15) is 14.9 Å². The molecule has 0 bridgehead atoms. The Labute approximate surface area is 169 Å². The van der Waals surface area contributed by atoms with Crippen LogP contribution in [0.5, 0.6) is 0 Å². The van der Waals surface area contributed by atoms with Crippen molar-refractivity contribution in [2.45, 2.75) is 0 Å². The van der Waals surface area contributed by atoms with Gasteiger partial charge < -0.3 is 5.32 Å². The lowest BCUT2D eigenvalue weighted by atomic mass is 10.1. The topological polar surface area (TPSA) is 85.6 Å². The number of anilines is 1. The minimum atomic E-state index is -1.14. The maximum Gasteiger partial charge on any atom is 0.251 e. The number of fused-ring (bicyclic) bond motifs is 1. The third-order valence-corrected chi connectivity index (χ3v) is 5.61. The lowest BCUT2D eigenvalue weighted by Gasteiger charge is -2.30. The van der Waals surface area contributed by atoms with Crippen molar-refractivity contribution in [3.63, 3.8) is 0 Å². The summed E-state index contributed by atoms with van der Waals surface area (Å²) in [6, 6.07) is 18.5. The molecule has 2 heterocycles. The summed E-state index contributed by atoms with van der Waals surface area (Å²) < 4.78 is 0.915. The Balaban J connectivity index is 1.69. The van der Waals surface area contributed by atoms with Gasteiger partial charge in [-0.25, -0.2) is 4.99 Å². The number of hydrogen-bond donors (Lipinski definition) is 1. The van der Waals surface area contributed by atoms with E-state index in [1.165, 1.54) is 22.5 Å². The molecule has 2 aromatic carbocycles. The number of nitrogens with one attached hydrogen (secondary N) is 1. The van der Waals surface area contributed by atoms with E-state index in [0.717, 1.165) is 10.1 Å². The fourth-order valence-corrected chi connectivity index (χ4v) is 4.22. The van der Waals surface area contributed by atoms with Gasteiger partial charge in [0.2, 0.25) is 5.91 Å². The van der Waals surface area contributed by atoms with Crippen LogP contribution < -0.4 is 10.2 Å². The zero-order valence-corrected chi connectivity index (χ0v) is 16.0. The monoisotopic (exact) mass is 404 g/mol. The molecule has 28 heavy (non-hydrogen) atoms. The number of carbonyl (C=O) groups is 2. The molecule has 136 valence electrons. The molecule has 1 fully saturated rings. The highest BCUT2D eigenvalue weighted by Gasteiger charge is 2.38. The summed E-state index contributed by atoms with van der Waals surface area (Å²) in [6.07, 6.45) is 1.28. The van der Waals surface area contributed by atoms with Crippen LogP contribution in [0, 0.1) is 17.2 Å². The van der Waals surface area contributed by atoms with Gasteiger partial charge in [0.15, 0.2) is 11.0 Å². The lowest BCUT2D eigenvalue weighted by molar-refractivity contribution is -0.130. The minimum Gasteiger partial charge on any atom is -0.301 e. The molecule has 1 aliphatic heterocycles. The van der Waals surface area contributed by atoms with Gasteiger partial charge in [-0.15, -0.1) is 11.3 Å². The number of nitriles is 1. The maximum absolute atomic E-state index is 12.9. The Hall–Kier alpha value is -3.41. The molecule has 1 N–H and O–H groups in total. The fourth-order valence-electron chi connectivity index (χ4n) is 2.92. The van der Waals surface area contributed by atoms with Crippen LogP contribution in [-0.4, -0.2) is 23.1 Å². The molecule has 1 saturated heterocycles. The molecule has 0 saturated carbocycles. The number of benzene rings is 2. The quantitative estimate of drug-likeness (QED) is 0.411. The van der Waals surface area contributed by atoms with Crippen molar-refractivity contribution in [1.29, 1.82) is 5.26 Å². The van der Waals surface area contributed by atoms with Crippen LogP contribution in [0.1, 0.15) is 5.56 Å². The SMILES string of the molecule is N#Cc1c(N=C[C@@H]2C(=O)NC(=S)N(c3ccccc3)C2=O)sc2ccccc12. The van der Waals surface area contributed by atoms with Crippen LogP contribution in [0.2, 0.25) is 0 Å². The van der Waals surface area contributed by atoms with E-state index in [0.29, 0.717) is 16.3 Å². The van der Waals surface area contributed by atoms with Crippen molar-refractivity contribution < 1.29 is 9.59 Å². The molecular formula is C20H12N4O2S2. The predicted molar refractivity (Wildman–Crippen MR) is 113 cm³/mol. The molecule has 3 aromatic rings. The molecule has 1 aromatic heterocycles. The average Bonchev–Trinajstić information content (AvgIpc) is 3.05. The second-order valence-electron chi connectivity index (χ2n) is 5.95. The lowest BCUT2D eigenvalue weighted by Crippen LogP contribution is -2.58. The number of carbonyl (C=O) groups excluding carboxylic acids is 2. The summed E-state index contributed by atoms with van der Waals surface area (Å²) in [5.41, 5.74) is 0.992. The normalized spacial score (nSPS) is 17.2. The molecule has 2 amide bonds. The highest BCUT2D eigenvalue weighted by atomic mass is 32.1. The van der Waals surface area contributed by atoms with Crippen molar-refractivity contribution in [3.05, 3.63) is 60.2 Å². The van der Waals surface area contributed by atoms with E-state index >= 15 is 0 Å². The third kappa shape index (κ3) is 3.07. The first-order valence-electron chi connectivity index (χ1n) is 8.30. The number of amides is 2. The smallest absolute Gasteiger partial charge is 0.251 e. The van der Waals surface area contributed by atoms with E-state index in [2.05, 4.69) is 16.4 Å². The van der Waals surface area contributed by atoms with Crippen LogP contribution >= 0.6 is 23.6 Å². The van der Waals surface area contributed by atoms with Gasteiger partial charge in [0.05, 0.1) is 11.3 Å². The summed E-state index contributed by atoms with van der Waals surface area (Å²) >= 11 is 6.50. The van der Waals surface area contributed by atoms with Crippen molar-refractivity contribution >= 4 is 67.5 Å². The number of para-hydroxylation sites is 1. The highest BCUT2D eigenvalue weighted by molar-refractivity contribution is 7.80. The van der Waals surface area contributed by atoms with Gasteiger partial charge in [0.25, 0.3) is 5.91 Å². The number of thiophene rings is 1. The molecule has 0 radical (unpaired) electrons. The van der Waals surface area contributed by atoms with E-state index in [-0.39, 0.29) is 5.11 Å². The zero-order valence-electron chi connectivity index (χ0n) is 14.3. The Morgan fingerprint density at radius 3 is 2.61 bits per heavy atom. The van der Waals surface area contributed by atoms with E-state index in [1.807, 2.05) is 30.3 Å². The van der Waals surface area contributed by atoms with Gasteiger partial charge in [-0.1, -0.05) is 36.4 Å². The van der Waals surface area contributed by atoms with Crippen molar-refractivity contribution in [2.75, 3.05) is 4.90 Å². The van der Waals surface area contributed by atoms with Crippen molar-refractivity contribution in [1.82, 2.24) is 5.32 Å². The number of aliphatic imine (C=N–C) groups is 1. The Bertz CT molecular complexity index is 1180. The molecule has 6 nitrogen and oxygen atoms in total. The van der Waals surface area contributed by atoms with Crippen LogP contribution in [0.25, 0.3) is 10.1 Å². The predicted octanol–water partition coefficient (Wildman–Crippen LogP) is 3.54. The summed E-state index contributed by atoms with van der Waals surface area (Å²) in [7, 11) is 0. The summed E-state index contributed by atoms with van der Waals surface area (Å²) in [6.45, 7) is 0. The number of hydrogen-bond acceptors (Lipinski definition) is 6. The summed E-state index contributed by atoms with van der Waals surface area (Å²) in [5.74, 6) is -2.16. The van der Waals surface area contributed by atoms with Crippen LogP contribution in [-0.2, 0) is 9.59 Å². The van der Waals surface area contributed by atoms with E-state index in [4.69, 9.17) is 12.2 Å². The molecule has 0 aliphatic carbocycles.